The number of guanidine groups is 1. The molecule has 1 aromatic rings. The van der Waals surface area contributed by atoms with Crippen LogP contribution in [0.3, 0.4) is 0 Å². The van der Waals surface area contributed by atoms with Gasteiger partial charge in [-0.2, -0.15) is 0 Å². The van der Waals surface area contributed by atoms with E-state index in [-0.39, 0.29) is 24.0 Å². The average Bonchev–Trinajstić information content (AvgIpc) is 3.32. The van der Waals surface area contributed by atoms with Crippen molar-refractivity contribution in [1.82, 2.24) is 15.2 Å². The second-order valence-electron chi connectivity index (χ2n) is 6.61. The fraction of sp³-hybridized carbons (Fsp3) is 0.765. The number of ether oxygens (including phenoxy) is 1. The molecular formula is C17H29IN4OS. The number of likely N-dealkylation sites (tertiary alicyclic amines) is 1. The van der Waals surface area contributed by atoms with Crippen molar-refractivity contribution < 1.29 is 4.74 Å². The molecule has 0 bridgehead atoms. The molecule has 1 saturated heterocycles. The van der Waals surface area contributed by atoms with Crippen LogP contribution in [0.15, 0.2) is 4.99 Å². The van der Waals surface area contributed by atoms with Crippen molar-refractivity contribution in [2.24, 2.45) is 10.9 Å². The summed E-state index contributed by atoms with van der Waals surface area (Å²) in [5.74, 6) is 1.85. The van der Waals surface area contributed by atoms with Crippen molar-refractivity contribution in [1.29, 1.82) is 0 Å². The highest BCUT2D eigenvalue weighted by atomic mass is 127. The number of thiazole rings is 1. The summed E-state index contributed by atoms with van der Waals surface area (Å²) in [6, 6.07) is 0. The monoisotopic (exact) mass is 464 g/mol. The molecule has 0 spiro atoms. The number of hydrogen-bond donors (Lipinski definition) is 1. The van der Waals surface area contributed by atoms with Crippen molar-refractivity contribution in [2.75, 3.05) is 26.7 Å². The van der Waals surface area contributed by atoms with E-state index in [0.29, 0.717) is 6.10 Å². The molecule has 0 aromatic carbocycles. The van der Waals surface area contributed by atoms with E-state index in [9.17, 15) is 0 Å². The molecule has 1 N–H and O–H groups in total. The summed E-state index contributed by atoms with van der Waals surface area (Å²) >= 11 is 1.76. The molecule has 2 heterocycles. The summed E-state index contributed by atoms with van der Waals surface area (Å²) < 4.78 is 6.02. The first-order valence-corrected chi connectivity index (χ1v) is 9.47. The summed E-state index contributed by atoms with van der Waals surface area (Å²) in [5, 5.41) is 4.62. The van der Waals surface area contributed by atoms with E-state index in [2.05, 4.69) is 34.0 Å². The second-order valence-corrected chi connectivity index (χ2v) is 7.89. The Hall–Kier alpha value is -0.410. The minimum atomic E-state index is 0. The summed E-state index contributed by atoms with van der Waals surface area (Å²) in [7, 11) is 1.86. The third kappa shape index (κ3) is 5.56. The van der Waals surface area contributed by atoms with Crippen molar-refractivity contribution in [3.8, 4) is 0 Å². The molecule has 1 saturated carbocycles. The predicted molar refractivity (Wildman–Crippen MR) is 110 cm³/mol. The van der Waals surface area contributed by atoms with Crippen LogP contribution in [0.2, 0.25) is 0 Å². The molecule has 1 aromatic heterocycles. The summed E-state index contributed by atoms with van der Waals surface area (Å²) in [5.41, 5.74) is 1.13. The maximum Gasteiger partial charge on any atom is 0.193 e. The number of piperidine rings is 1. The first-order valence-electron chi connectivity index (χ1n) is 8.66. The first kappa shape index (κ1) is 19.9. The van der Waals surface area contributed by atoms with Crippen molar-refractivity contribution >= 4 is 41.3 Å². The van der Waals surface area contributed by atoms with Gasteiger partial charge in [0.1, 0.15) is 0 Å². The van der Waals surface area contributed by atoms with Gasteiger partial charge in [-0.05, 0) is 45.4 Å². The van der Waals surface area contributed by atoms with Crippen LogP contribution in [0.25, 0.3) is 0 Å². The van der Waals surface area contributed by atoms with Gasteiger partial charge in [0.25, 0.3) is 0 Å². The van der Waals surface area contributed by atoms with Gasteiger partial charge >= 0.3 is 0 Å². The molecule has 0 unspecified atom stereocenters. The molecule has 2 aliphatic rings. The van der Waals surface area contributed by atoms with Gasteiger partial charge in [0, 0.05) is 31.6 Å². The third-order valence-corrected chi connectivity index (χ3v) is 5.70. The van der Waals surface area contributed by atoms with Crippen molar-refractivity contribution in [3.63, 3.8) is 0 Å². The Morgan fingerprint density at radius 1 is 1.29 bits per heavy atom. The highest BCUT2D eigenvalue weighted by Gasteiger charge is 2.26. The summed E-state index contributed by atoms with van der Waals surface area (Å²) in [6.07, 6.45) is 5.38. The van der Waals surface area contributed by atoms with E-state index in [4.69, 9.17) is 4.74 Å². The molecule has 136 valence electrons. The van der Waals surface area contributed by atoms with Crippen LogP contribution in [0, 0.1) is 19.8 Å². The van der Waals surface area contributed by atoms with Crippen molar-refractivity contribution in [3.05, 3.63) is 15.6 Å². The zero-order chi connectivity index (χ0) is 16.2. The lowest BCUT2D eigenvalue weighted by atomic mass is 10.1. The molecule has 3 rings (SSSR count). The molecule has 0 atom stereocenters. The number of halogens is 1. The Morgan fingerprint density at radius 2 is 2.00 bits per heavy atom. The van der Waals surface area contributed by atoms with Crippen LogP contribution in [0.4, 0.5) is 0 Å². The maximum atomic E-state index is 6.02. The molecule has 1 aliphatic carbocycles. The lowest BCUT2D eigenvalue weighted by Gasteiger charge is -2.34. The highest BCUT2D eigenvalue weighted by Crippen LogP contribution is 2.30. The summed E-state index contributed by atoms with van der Waals surface area (Å²) in [4.78, 5) is 12.6. The Labute approximate surface area is 166 Å². The molecule has 0 amide bonds. The van der Waals surface area contributed by atoms with Crippen LogP contribution >= 0.6 is 35.3 Å². The van der Waals surface area contributed by atoms with E-state index in [1.54, 1.807) is 11.3 Å². The van der Waals surface area contributed by atoms with E-state index in [1.165, 1.54) is 17.7 Å². The Balaban J connectivity index is 0.00000208. The molecule has 5 nitrogen and oxygen atoms in total. The smallest absolute Gasteiger partial charge is 0.193 e. The van der Waals surface area contributed by atoms with E-state index in [1.807, 2.05) is 7.05 Å². The zero-order valence-electron chi connectivity index (χ0n) is 14.9. The van der Waals surface area contributed by atoms with Crippen LogP contribution < -0.4 is 5.32 Å². The van der Waals surface area contributed by atoms with E-state index < -0.39 is 0 Å². The predicted octanol–water partition coefficient (Wildman–Crippen LogP) is 3.34. The fourth-order valence-electron chi connectivity index (χ4n) is 3.02. The number of aryl methyl sites for hydroxylation is 2. The standard InChI is InChI=1S/C17H28N4OS.HI/c1-12-16(23-13(2)20-12)10-19-17(18-3)21-8-6-15(7-9-21)22-11-14-4-5-14;/h14-15H,4-11H2,1-3H3,(H,18,19);1H. The SMILES string of the molecule is CN=C(NCc1sc(C)nc1C)N1CCC(OCC2CC2)CC1.I. The minimum absolute atomic E-state index is 0. The number of hydrogen-bond acceptors (Lipinski definition) is 4. The molecule has 24 heavy (non-hydrogen) atoms. The zero-order valence-corrected chi connectivity index (χ0v) is 18.0. The van der Waals surface area contributed by atoms with E-state index >= 15 is 0 Å². The van der Waals surface area contributed by atoms with Gasteiger partial charge in [0.15, 0.2) is 5.96 Å². The lowest BCUT2D eigenvalue weighted by Crippen LogP contribution is -2.46. The minimum Gasteiger partial charge on any atom is -0.378 e. The molecule has 0 radical (unpaired) electrons. The fourth-order valence-corrected chi connectivity index (χ4v) is 3.90. The van der Waals surface area contributed by atoms with Crippen LogP contribution in [0.1, 0.15) is 41.3 Å². The Morgan fingerprint density at radius 3 is 2.54 bits per heavy atom. The van der Waals surface area contributed by atoms with Gasteiger partial charge in [-0.1, -0.05) is 0 Å². The highest BCUT2D eigenvalue weighted by molar-refractivity contribution is 14.0. The second kappa shape index (κ2) is 9.33. The number of aliphatic imine (C=N–C) groups is 1. The van der Waals surface area contributed by atoms with Gasteiger partial charge in [0.2, 0.25) is 0 Å². The Bertz CT molecular complexity index is 551. The largest absolute Gasteiger partial charge is 0.378 e. The molecule has 1 aliphatic heterocycles. The number of nitrogens with one attached hydrogen (secondary N) is 1. The molecule has 7 heteroatoms. The number of aromatic nitrogens is 1. The molecular weight excluding hydrogens is 435 g/mol. The van der Waals surface area contributed by atoms with E-state index in [0.717, 1.165) is 61.7 Å². The van der Waals surface area contributed by atoms with Gasteiger partial charge in [-0.3, -0.25) is 4.99 Å². The molecule has 2 fully saturated rings. The van der Waals surface area contributed by atoms with Gasteiger partial charge in [-0.25, -0.2) is 4.98 Å². The maximum absolute atomic E-state index is 6.02. The third-order valence-electron chi connectivity index (χ3n) is 4.62. The van der Waals surface area contributed by atoms with Crippen LogP contribution in [0.5, 0.6) is 0 Å². The Kier molecular flexibility index (Phi) is 7.74. The van der Waals surface area contributed by atoms with Gasteiger partial charge in [0.05, 0.1) is 23.4 Å². The normalized spacial score (nSPS) is 19.3. The van der Waals surface area contributed by atoms with Crippen molar-refractivity contribution in [2.45, 2.75) is 52.2 Å². The summed E-state index contributed by atoms with van der Waals surface area (Å²) in [6.45, 7) is 7.96. The quantitative estimate of drug-likeness (QED) is 0.413. The van der Waals surface area contributed by atoms with Crippen LogP contribution in [-0.2, 0) is 11.3 Å². The average molecular weight is 464 g/mol. The topological polar surface area (TPSA) is 49.8 Å². The van der Waals surface area contributed by atoms with Crippen LogP contribution in [-0.4, -0.2) is 48.7 Å². The number of nitrogens with zero attached hydrogens (tertiary/aromatic N) is 3. The lowest BCUT2D eigenvalue weighted by molar-refractivity contribution is 0.0131. The first-order chi connectivity index (χ1) is 11.2. The van der Waals surface area contributed by atoms with Gasteiger partial charge in [-0.15, -0.1) is 35.3 Å². The van der Waals surface area contributed by atoms with Gasteiger partial charge < -0.3 is 15.0 Å². The number of rotatable bonds is 5.